The number of ether oxygens (including phenoxy) is 2. The third-order valence-corrected chi connectivity index (χ3v) is 3.65. The maximum absolute atomic E-state index is 12.0. The summed E-state index contributed by atoms with van der Waals surface area (Å²) >= 11 is 5.91. The molecule has 0 radical (unpaired) electrons. The number of nitrogens with one attached hydrogen (secondary N) is 1. The lowest BCUT2D eigenvalue weighted by Crippen LogP contribution is -2.13. The number of aryl methyl sites for hydroxylation is 1. The Morgan fingerprint density at radius 2 is 1.83 bits per heavy atom. The molecule has 0 heterocycles. The summed E-state index contributed by atoms with van der Waals surface area (Å²) in [6, 6.07) is 12.9. The van der Waals surface area contributed by atoms with E-state index in [-0.39, 0.29) is 5.91 Å². The predicted octanol–water partition coefficient (Wildman–Crippen LogP) is 4.84. The highest BCUT2D eigenvalue weighted by molar-refractivity contribution is 6.30. The van der Waals surface area contributed by atoms with Gasteiger partial charge in [-0.2, -0.15) is 0 Å². The summed E-state index contributed by atoms with van der Waals surface area (Å²) in [6.07, 6.45) is 1.01. The average Bonchev–Trinajstić information content (AvgIpc) is 2.56. The zero-order chi connectivity index (χ0) is 17.4. The summed E-state index contributed by atoms with van der Waals surface area (Å²) in [7, 11) is 0. The molecule has 0 aromatic heterocycles. The van der Waals surface area contributed by atoms with Crippen molar-refractivity contribution in [1.29, 1.82) is 0 Å². The molecule has 0 aliphatic rings. The van der Waals surface area contributed by atoms with Crippen molar-refractivity contribution < 1.29 is 14.3 Å². The van der Waals surface area contributed by atoms with Gasteiger partial charge in [0.05, 0.1) is 13.2 Å². The van der Waals surface area contributed by atoms with E-state index in [2.05, 4.69) is 5.32 Å². The predicted molar refractivity (Wildman–Crippen MR) is 97.2 cm³/mol. The van der Waals surface area contributed by atoms with Gasteiger partial charge in [0, 0.05) is 17.1 Å². The number of para-hydroxylation sites is 2. The summed E-state index contributed by atoms with van der Waals surface area (Å²) in [5.74, 6) is 1.39. The van der Waals surface area contributed by atoms with Crippen LogP contribution in [0.15, 0.2) is 42.5 Å². The molecule has 0 saturated heterocycles. The molecule has 2 aromatic rings. The van der Waals surface area contributed by atoms with Crippen molar-refractivity contribution in [3.63, 3.8) is 0 Å². The number of carbonyl (C=O) groups excluding carboxylic acids is 1. The van der Waals surface area contributed by atoms with Gasteiger partial charge in [-0.05, 0) is 56.2 Å². The van der Waals surface area contributed by atoms with E-state index in [1.165, 1.54) is 0 Å². The van der Waals surface area contributed by atoms with Crippen LogP contribution in [0.5, 0.6) is 11.5 Å². The second-order valence-corrected chi connectivity index (χ2v) is 5.78. The standard InChI is InChI=1S/C19H22ClNO3/c1-3-23-17-7-4-5-8-18(17)24-12-6-9-19(22)21-16-11-10-15(20)13-14(16)2/h4-5,7-8,10-11,13H,3,6,9,12H2,1-2H3,(H,21,22). The van der Waals surface area contributed by atoms with E-state index < -0.39 is 0 Å². The molecule has 0 atom stereocenters. The van der Waals surface area contributed by atoms with Crippen LogP contribution in [0.3, 0.4) is 0 Å². The van der Waals surface area contributed by atoms with Crippen molar-refractivity contribution >= 4 is 23.2 Å². The van der Waals surface area contributed by atoms with Gasteiger partial charge in [-0.25, -0.2) is 0 Å². The Morgan fingerprint density at radius 3 is 2.50 bits per heavy atom. The smallest absolute Gasteiger partial charge is 0.224 e. The Bertz CT molecular complexity index is 688. The molecule has 1 N–H and O–H groups in total. The first kappa shape index (κ1) is 18.1. The molecule has 1 amide bonds. The summed E-state index contributed by atoms with van der Waals surface area (Å²) in [5, 5.41) is 3.55. The molecule has 2 rings (SSSR count). The highest BCUT2D eigenvalue weighted by atomic mass is 35.5. The van der Waals surface area contributed by atoms with Crippen molar-refractivity contribution in [2.45, 2.75) is 26.7 Å². The molecule has 0 spiro atoms. The SMILES string of the molecule is CCOc1ccccc1OCCCC(=O)Nc1ccc(Cl)cc1C. The molecule has 0 fully saturated rings. The van der Waals surface area contributed by atoms with Gasteiger partial charge in [0.1, 0.15) is 0 Å². The first-order valence-corrected chi connectivity index (χ1v) is 8.38. The number of hydrogen-bond acceptors (Lipinski definition) is 3. The Hall–Kier alpha value is -2.20. The largest absolute Gasteiger partial charge is 0.490 e. The lowest BCUT2D eigenvalue weighted by atomic mass is 10.2. The number of hydrogen-bond donors (Lipinski definition) is 1. The molecular weight excluding hydrogens is 326 g/mol. The number of carbonyl (C=O) groups is 1. The van der Waals surface area contributed by atoms with Crippen LogP contribution in [-0.4, -0.2) is 19.1 Å². The lowest BCUT2D eigenvalue weighted by molar-refractivity contribution is -0.116. The summed E-state index contributed by atoms with van der Waals surface area (Å²) in [5.41, 5.74) is 1.73. The fourth-order valence-corrected chi connectivity index (χ4v) is 2.47. The van der Waals surface area contributed by atoms with Gasteiger partial charge in [-0.3, -0.25) is 4.79 Å². The minimum atomic E-state index is -0.0397. The van der Waals surface area contributed by atoms with Crippen LogP contribution in [0.2, 0.25) is 5.02 Å². The Balaban J connectivity index is 1.77. The van der Waals surface area contributed by atoms with E-state index in [9.17, 15) is 4.79 Å². The molecule has 0 unspecified atom stereocenters. The van der Waals surface area contributed by atoms with Gasteiger partial charge in [-0.15, -0.1) is 0 Å². The molecular formula is C19H22ClNO3. The van der Waals surface area contributed by atoms with Gasteiger partial charge in [-0.1, -0.05) is 23.7 Å². The van der Waals surface area contributed by atoms with Crippen LogP contribution in [0, 0.1) is 6.92 Å². The molecule has 0 aliphatic carbocycles. The van der Waals surface area contributed by atoms with Gasteiger partial charge in [0.15, 0.2) is 11.5 Å². The second kappa shape index (κ2) is 9.18. The number of halogens is 1. The molecule has 128 valence electrons. The molecule has 24 heavy (non-hydrogen) atoms. The quantitative estimate of drug-likeness (QED) is 0.695. The first-order chi connectivity index (χ1) is 11.6. The zero-order valence-corrected chi connectivity index (χ0v) is 14.7. The van der Waals surface area contributed by atoms with Crippen molar-refractivity contribution in [2.75, 3.05) is 18.5 Å². The molecule has 0 aliphatic heterocycles. The van der Waals surface area contributed by atoms with Gasteiger partial charge in [0.25, 0.3) is 0 Å². The monoisotopic (exact) mass is 347 g/mol. The van der Waals surface area contributed by atoms with E-state index in [4.69, 9.17) is 21.1 Å². The van der Waals surface area contributed by atoms with E-state index in [0.717, 1.165) is 17.0 Å². The van der Waals surface area contributed by atoms with Crippen LogP contribution >= 0.6 is 11.6 Å². The number of benzene rings is 2. The Morgan fingerprint density at radius 1 is 1.12 bits per heavy atom. The van der Waals surface area contributed by atoms with Crippen LogP contribution < -0.4 is 14.8 Å². The molecule has 5 heteroatoms. The molecule has 0 saturated carbocycles. The third-order valence-electron chi connectivity index (χ3n) is 3.42. The second-order valence-electron chi connectivity index (χ2n) is 5.34. The van der Waals surface area contributed by atoms with Gasteiger partial charge in [0.2, 0.25) is 5.91 Å². The van der Waals surface area contributed by atoms with Crippen molar-refractivity contribution in [3.05, 3.63) is 53.1 Å². The van der Waals surface area contributed by atoms with Gasteiger partial charge < -0.3 is 14.8 Å². The van der Waals surface area contributed by atoms with Crippen molar-refractivity contribution in [3.8, 4) is 11.5 Å². The minimum absolute atomic E-state index is 0.0397. The maximum Gasteiger partial charge on any atom is 0.224 e. The Kier molecular flexibility index (Phi) is 6.94. The van der Waals surface area contributed by atoms with Gasteiger partial charge >= 0.3 is 0 Å². The number of amides is 1. The summed E-state index contributed by atoms with van der Waals surface area (Å²) < 4.78 is 11.2. The van der Waals surface area contributed by atoms with E-state index in [1.807, 2.05) is 50.2 Å². The number of rotatable bonds is 8. The first-order valence-electron chi connectivity index (χ1n) is 8.00. The normalized spacial score (nSPS) is 10.3. The van der Waals surface area contributed by atoms with E-state index >= 15 is 0 Å². The molecule has 0 bridgehead atoms. The molecule has 4 nitrogen and oxygen atoms in total. The summed E-state index contributed by atoms with van der Waals surface area (Å²) in [6.45, 7) is 4.88. The number of anilines is 1. The average molecular weight is 348 g/mol. The van der Waals surface area contributed by atoms with Crippen molar-refractivity contribution in [2.24, 2.45) is 0 Å². The van der Waals surface area contributed by atoms with Crippen molar-refractivity contribution in [1.82, 2.24) is 0 Å². The third kappa shape index (κ3) is 5.46. The van der Waals surface area contributed by atoms with Crippen LogP contribution in [0.4, 0.5) is 5.69 Å². The minimum Gasteiger partial charge on any atom is -0.490 e. The van der Waals surface area contributed by atoms with Crippen LogP contribution in [-0.2, 0) is 4.79 Å². The Labute approximate surface area is 147 Å². The zero-order valence-electron chi connectivity index (χ0n) is 14.0. The fourth-order valence-electron chi connectivity index (χ4n) is 2.24. The fraction of sp³-hybridized carbons (Fsp3) is 0.316. The van der Waals surface area contributed by atoms with E-state index in [1.54, 1.807) is 6.07 Å². The topological polar surface area (TPSA) is 47.6 Å². The van der Waals surface area contributed by atoms with E-state index in [0.29, 0.717) is 36.8 Å². The summed E-state index contributed by atoms with van der Waals surface area (Å²) in [4.78, 5) is 12.0. The molecule has 2 aromatic carbocycles. The van der Waals surface area contributed by atoms with Crippen LogP contribution in [0.1, 0.15) is 25.3 Å². The lowest BCUT2D eigenvalue weighted by Gasteiger charge is -2.12. The van der Waals surface area contributed by atoms with Crippen LogP contribution in [0.25, 0.3) is 0 Å². The highest BCUT2D eigenvalue weighted by Gasteiger charge is 2.07. The highest BCUT2D eigenvalue weighted by Crippen LogP contribution is 2.26. The maximum atomic E-state index is 12.0.